The lowest BCUT2D eigenvalue weighted by molar-refractivity contribution is -0.475. The molecule has 2 heteroatoms. The van der Waals surface area contributed by atoms with Crippen molar-refractivity contribution in [1.29, 1.82) is 0 Å². The maximum atomic E-state index is 9.08. The number of hydrogen-bond acceptors (Lipinski definition) is 2. The summed E-state index contributed by atoms with van der Waals surface area (Å²) in [5, 5.41) is 16.6. The van der Waals surface area contributed by atoms with Gasteiger partial charge in [-0.25, -0.2) is 0 Å². The van der Waals surface area contributed by atoms with E-state index >= 15 is 0 Å². The molecule has 0 aliphatic rings. The molecular weight excluding hydrogens is 56.0 g/mol. The second-order valence-electron chi connectivity index (χ2n) is 0.599. The largest absolute Gasteiger partial charge is 0.831 e. The van der Waals surface area contributed by atoms with Gasteiger partial charge in [-0.2, -0.15) is 0 Å². The van der Waals surface area contributed by atoms with E-state index in [9.17, 15) is 0 Å². The Morgan fingerprint density at radius 2 is 2.00 bits per heavy atom. The second kappa shape index (κ2) is 1.26. The fourth-order valence-corrected chi connectivity index (χ4v) is 0. The van der Waals surface area contributed by atoms with Gasteiger partial charge in [-0.15, -0.1) is 0 Å². The van der Waals surface area contributed by atoms with Gasteiger partial charge in [0.1, 0.15) is 0 Å². The Morgan fingerprint density at radius 1 is 2.00 bits per heavy atom. The summed E-state index contributed by atoms with van der Waals surface area (Å²) < 4.78 is 0. The number of hydrogen-bond donors (Lipinski definition) is 1. The van der Waals surface area contributed by atoms with E-state index in [2.05, 4.69) is 0 Å². The standard InChI is InChI=1S/C2H5O2/c1-2(3)4/h2-3H,1H3/q-1. The highest BCUT2D eigenvalue weighted by Crippen LogP contribution is 1.48. The van der Waals surface area contributed by atoms with E-state index in [0.29, 0.717) is 0 Å². The number of rotatable bonds is 0. The molecule has 0 spiro atoms. The van der Waals surface area contributed by atoms with Crippen LogP contribution >= 0.6 is 0 Å². The van der Waals surface area contributed by atoms with Gasteiger partial charge in [0.25, 0.3) is 0 Å². The van der Waals surface area contributed by atoms with Gasteiger partial charge in [0, 0.05) is 0 Å². The Kier molecular flexibility index (Phi) is 1.24. The minimum Gasteiger partial charge on any atom is -0.831 e. The molecule has 0 radical (unpaired) electrons. The van der Waals surface area contributed by atoms with Crippen LogP contribution < -0.4 is 5.11 Å². The van der Waals surface area contributed by atoms with E-state index in [1.165, 1.54) is 6.92 Å². The maximum Gasteiger partial charge on any atom is -0.0254 e. The van der Waals surface area contributed by atoms with Gasteiger partial charge in [0.05, 0.1) is 0 Å². The summed E-state index contributed by atoms with van der Waals surface area (Å²) in [6.45, 7) is 1.17. The van der Waals surface area contributed by atoms with Crippen LogP contribution in [0.15, 0.2) is 0 Å². The van der Waals surface area contributed by atoms with Crippen LogP contribution in [0.25, 0.3) is 0 Å². The monoisotopic (exact) mass is 61.0 g/mol. The van der Waals surface area contributed by atoms with Gasteiger partial charge in [-0.3, -0.25) is 0 Å². The van der Waals surface area contributed by atoms with Crippen molar-refractivity contribution in [1.82, 2.24) is 0 Å². The predicted octanol–water partition coefficient (Wildman–Crippen LogP) is -1.31. The Hall–Kier alpha value is -0.0800. The van der Waals surface area contributed by atoms with Crippen LogP contribution in [0.4, 0.5) is 0 Å². The molecule has 0 aromatic rings. The molecule has 1 N–H and O–H groups in total. The molecule has 26 valence electrons. The fraction of sp³-hybridized carbons (Fsp3) is 1.00. The van der Waals surface area contributed by atoms with Crippen LogP contribution in [-0.4, -0.2) is 11.4 Å². The summed E-state index contributed by atoms with van der Waals surface area (Å²) >= 11 is 0. The van der Waals surface area contributed by atoms with Crippen molar-refractivity contribution in [3.8, 4) is 0 Å². The first kappa shape index (κ1) is 3.92. The lowest BCUT2D eigenvalue weighted by atomic mass is 10.8. The quantitative estimate of drug-likeness (QED) is 0.353. The zero-order valence-electron chi connectivity index (χ0n) is 2.43. The topological polar surface area (TPSA) is 43.3 Å². The average molecular weight is 61.1 g/mol. The van der Waals surface area contributed by atoms with Crippen molar-refractivity contribution in [3.05, 3.63) is 0 Å². The van der Waals surface area contributed by atoms with Crippen LogP contribution in [0.5, 0.6) is 0 Å². The summed E-state index contributed by atoms with van der Waals surface area (Å²) in [5.74, 6) is 0. The van der Waals surface area contributed by atoms with Crippen molar-refractivity contribution < 1.29 is 10.2 Å². The van der Waals surface area contributed by atoms with Gasteiger partial charge in [0.2, 0.25) is 0 Å². The van der Waals surface area contributed by atoms with Crippen molar-refractivity contribution in [2.45, 2.75) is 13.2 Å². The van der Waals surface area contributed by atoms with Gasteiger partial charge < -0.3 is 10.2 Å². The van der Waals surface area contributed by atoms with E-state index in [4.69, 9.17) is 10.2 Å². The molecule has 4 heavy (non-hydrogen) atoms. The molecule has 0 aliphatic heterocycles. The summed E-state index contributed by atoms with van der Waals surface area (Å²) in [4.78, 5) is 0. The molecule has 0 saturated carbocycles. The predicted molar refractivity (Wildman–Crippen MR) is 11.7 cm³/mol. The van der Waals surface area contributed by atoms with Crippen LogP contribution in [0.2, 0.25) is 0 Å². The van der Waals surface area contributed by atoms with Crippen molar-refractivity contribution in [2.24, 2.45) is 0 Å². The summed E-state index contributed by atoms with van der Waals surface area (Å²) in [6, 6.07) is 0. The molecule has 0 aromatic heterocycles. The third kappa shape index (κ3) is 254. The summed E-state index contributed by atoms with van der Waals surface area (Å²) in [6.07, 6.45) is -1.42. The van der Waals surface area contributed by atoms with Gasteiger partial charge in [-0.1, -0.05) is 6.92 Å². The highest BCUT2D eigenvalue weighted by Gasteiger charge is 1.54. The first-order valence-electron chi connectivity index (χ1n) is 1.07. The van der Waals surface area contributed by atoms with E-state index < -0.39 is 6.29 Å². The molecule has 1 unspecified atom stereocenters. The van der Waals surface area contributed by atoms with Crippen LogP contribution in [0, 0.1) is 0 Å². The van der Waals surface area contributed by atoms with E-state index in [0.717, 1.165) is 0 Å². The van der Waals surface area contributed by atoms with Crippen LogP contribution in [0.3, 0.4) is 0 Å². The van der Waals surface area contributed by atoms with Gasteiger partial charge in [0.15, 0.2) is 0 Å². The Morgan fingerprint density at radius 3 is 2.00 bits per heavy atom. The number of aliphatic hydroxyl groups excluding tert-OH is 1. The van der Waals surface area contributed by atoms with Crippen molar-refractivity contribution in [2.75, 3.05) is 0 Å². The molecular formula is C2H5O2-. The zero-order valence-corrected chi connectivity index (χ0v) is 2.43. The highest BCUT2D eigenvalue weighted by atomic mass is 16.5. The first-order valence-corrected chi connectivity index (χ1v) is 1.07. The molecule has 0 saturated heterocycles. The maximum absolute atomic E-state index is 9.08. The normalized spacial score (nSPS) is 15.8. The molecule has 2 nitrogen and oxygen atoms in total. The molecule has 0 amide bonds. The molecule has 1 atom stereocenters. The second-order valence-corrected chi connectivity index (χ2v) is 0.599. The third-order valence-electron chi connectivity index (χ3n) is 0. The summed E-state index contributed by atoms with van der Waals surface area (Å²) in [7, 11) is 0. The zero-order chi connectivity index (χ0) is 3.58. The molecule has 0 rings (SSSR count). The molecule has 0 fully saturated rings. The van der Waals surface area contributed by atoms with Crippen LogP contribution in [0.1, 0.15) is 6.92 Å². The number of aliphatic hydroxyl groups is 1. The minimum absolute atomic E-state index is 1.17. The van der Waals surface area contributed by atoms with Gasteiger partial charge >= 0.3 is 0 Å². The fourth-order valence-electron chi connectivity index (χ4n) is 0. The first-order chi connectivity index (χ1) is 1.73. The van der Waals surface area contributed by atoms with E-state index in [-0.39, 0.29) is 0 Å². The van der Waals surface area contributed by atoms with Crippen LogP contribution in [-0.2, 0) is 0 Å². The smallest absolute Gasteiger partial charge is 0.0254 e. The van der Waals surface area contributed by atoms with E-state index in [1.807, 2.05) is 0 Å². The lowest BCUT2D eigenvalue weighted by Crippen LogP contribution is -2.18. The summed E-state index contributed by atoms with van der Waals surface area (Å²) in [5.41, 5.74) is 0. The molecule has 0 heterocycles. The average Bonchev–Trinajstić information content (AvgIpc) is 0.811. The Bertz CT molecular complexity index is 8.75. The minimum atomic E-state index is -1.42. The molecule has 0 aromatic carbocycles. The van der Waals surface area contributed by atoms with Crippen molar-refractivity contribution in [3.63, 3.8) is 0 Å². The lowest BCUT2D eigenvalue weighted by Gasteiger charge is -2.01. The Balaban J connectivity index is 2.32. The van der Waals surface area contributed by atoms with E-state index in [1.54, 1.807) is 0 Å². The highest BCUT2D eigenvalue weighted by molar-refractivity contribution is 3.98. The Labute approximate surface area is 24.7 Å². The molecule has 0 bridgehead atoms. The van der Waals surface area contributed by atoms with Gasteiger partial charge in [-0.05, 0) is 6.29 Å². The SMILES string of the molecule is CC([O-])O. The molecule has 0 aliphatic carbocycles. The van der Waals surface area contributed by atoms with Crippen molar-refractivity contribution >= 4 is 0 Å². The third-order valence-corrected chi connectivity index (χ3v) is 0.